The number of carbonyl (C=O) groups is 2. The number of urea groups is 1. The summed E-state index contributed by atoms with van der Waals surface area (Å²) in [5, 5.41) is 11.8. The molecule has 0 aliphatic carbocycles. The molecule has 1 aromatic carbocycles. The molecule has 1 N–H and O–H groups in total. The molecular formula is C24H23N5O3. The predicted molar refractivity (Wildman–Crippen MR) is 116 cm³/mol. The maximum atomic E-state index is 13.3. The van der Waals surface area contributed by atoms with E-state index >= 15 is 0 Å². The number of nitrogens with one attached hydrogen (secondary N) is 1. The van der Waals surface area contributed by atoms with Gasteiger partial charge in [-0.05, 0) is 37.5 Å². The Morgan fingerprint density at radius 1 is 1.28 bits per heavy atom. The summed E-state index contributed by atoms with van der Waals surface area (Å²) in [6, 6.07) is 9.06. The van der Waals surface area contributed by atoms with Crippen molar-refractivity contribution < 1.29 is 14.3 Å². The fourth-order valence-corrected chi connectivity index (χ4v) is 4.22. The van der Waals surface area contributed by atoms with Crippen LogP contribution in [0.25, 0.3) is 0 Å². The van der Waals surface area contributed by atoms with Crippen LogP contribution >= 0.6 is 0 Å². The summed E-state index contributed by atoms with van der Waals surface area (Å²) in [4.78, 5) is 31.6. The van der Waals surface area contributed by atoms with Crippen LogP contribution in [0.15, 0.2) is 41.8 Å². The molecule has 8 heteroatoms. The Hall–Kier alpha value is -4.04. The topological polar surface area (TPSA) is 100 Å². The predicted octanol–water partition coefficient (Wildman–Crippen LogP) is 2.27. The van der Waals surface area contributed by atoms with Gasteiger partial charge in [-0.3, -0.25) is 9.69 Å². The highest BCUT2D eigenvalue weighted by molar-refractivity contribution is 6.09. The van der Waals surface area contributed by atoms with Crippen LogP contribution in [-0.2, 0) is 22.5 Å². The number of amides is 3. The highest BCUT2D eigenvalue weighted by atomic mass is 16.5. The van der Waals surface area contributed by atoms with Gasteiger partial charge >= 0.3 is 6.03 Å². The molecule has 4 rings (SSSR count). The largest absolute Gasteiger partial charge is 0.485 e. The lowest BCUT2D eigenvalue weighted by Gasteiger charge is -2.32. The van der Waals surface area contributed by atoms with E-state index in [2.05, 4.69) is 22.3 Å². The van der Waals surface area contributed by atoms with Crippen molar-refractivity contribution in [2.75, 3.05) is 13.2 Å². The fourth-order valence-electron chi connectivity index (χ4n) is 4.22. The molecule has 0 radical (unpaired) electrons. The van der Waals surface area contributed by atoms with Crippen LogP contribution in [0.5, 0.6) is 0 Å². The second kappa shape index (κ2) is 8.24. The summed E-state index contributed by atoms with van der Waals surface area (Å²) in [7, 11) is 0. The average molecular weight is 429 g/mol. The second-order valence-electron chi connectivity index (χ2n) is 7.93. The number of nitriles is 1. The molecule has 8 nitrogen and oxygen atoms in total. The maximum absolute atomic E-state index is 13.3. The standard InChI is InChI=1S/C24H23N5O3/c1-4-21-16(2)24(10-12-32-21)22(30)28(23(31)27-24)11-9-20-14-26-17(3)29(20)15-19-7-5-18(13-25)6-8-19/h1,5-8,14H,9-12,15H2,2-3H3,(H,27,31). The highest BCUT2D eigenvalue weighted by Crippen LogP contribution is 2.34. The molecule has 2 aromatic rings. The maximum Gasteiger partial charge on any atom is 0.325 e. The molecule has 1 spiro atoms. The van der Waals surface area contributed by atoms with Gasteiger partial charge in [-0.1, -0.05) is 12.1 Å². The van der Waals surface area contributed by atoms with Crippen LogP contribution in [0, 0.1) is 30.6 Å². The molecule has 2 aliphatic heterocycles. The van der Waals surface area contributed by atoms with Gasteiger partial charge in [0.1, 0.15) is 11.4 Å². The van der Waals surface area contributed by atoms with Gasteiger partial charge in [0.05, 0.1) is 18.2 Å². The van der Waals surface area contributed by atoms with Crippen LogP contribution in [0.1, 0.15) is 36.0 Å². The number of hydrogen-bond donors (Lipinski definition) is 1. The Morgan fingerprint density at radius 3 is 2.72 bits per heavy atom. The number of carbonyl (C=O) groups excluding carboxylic acids is 2. The van der Waals surface area contributed by atoms with Crippen LogP contribution in [-0.4, -0.2) is 45.1 Å². The van der Waals surface area contributed by atoms with E-state index in [4.69, 9.17) is 16.4 Å². The first-order chi connectivity index (χ1) is 15.4. The molecular weight excluding hydrogens is 406 g/mol. The number of aromatic nitrogens is 2. The Bertz CT molecular complexity index is 1200. The zero-order valence-corrected chi connectivity index (χ0v) is 18.0. The lowest BCUT2D eigenvalue weighted by Crippen LogP contribution is -2.51. The third kappa shape index (κ3) is 3.50. The number of imide groups is 1. The van der Waals surface area contributed by atoms with E-state index in [0.29, 0.717) is 36.3 Å². The van der Waals surface area contributed by atoms with E-state index < -0.39 is 11.6 Å². The van der Waals surface area contributed by atoms with Crippen molar-refractivity contribution in [2.24, 2.45) is 0 Å². The number of imidazole rings is 1. The minimum atomic E-state index is -1.13. The van der Waals surface area contributed by atoms with Crippen LogP contribution < -0.4 is 5.32 Å². The number of terminal acetylenes is 1. The molecule has 1 aromatic heterocycles. The van der Waals surface area contributed by atoms with Crippen LogP contribution in [0.2, 0.25) is 0 Å². The molecule has 1 unspecified atom stereocenters. The number of rotatable bonds is 5. The van der Waals surface area contributed by atoms with E-state index in [9.17, 15) is 9.59 Å². The average Bonchev–Trinajstić information content (AvgIpc) is 3.26. The Kier molecular flexibility index (Phi) is 5.46. The molecule has 1 fully saturated rings. The van der Waals surface area contributed by atoms with Gasteiger partial charge in [-0.2, -0.15) is 5.26 Å². The summed E-state index contributed by atoms with van der Waals surface area (Å²) in [6.45, 7) is 4.72. The third-order valence-corrected chi connectivity index (χ3v) is 6.16. The smallest absolute Gasteiger partial charge is 0.325 e. The Labute approximate surface area is 186 Å². The SMILES string of the molecule is C#CC1=C(C)C2(CCO1)NC(=O)N(CCc1cnc(C)n1Cc1ccc(C#N)cc1)C2=O. The second-order valence-corrected chi connectivity index (χ2v) is 7.93. The number of nitrogens with zero attached hydrogens (tertiary/aromatic N) is 4. The zero-order valence-electron chi connectivity index (χ0n) is 18.0. The highest BCUT2D eigenvalue weighted by Gasteiger charge is 2.54. The molecule has 0 saturated carbocycles. The summed E-state index contributed by atoms with van der Waals surface area (Å²) in [5.41, 5.74) is 1.99. The van der Waals surface area contributed by atoms with E-state index in [1.165, 1.54) is 4.90 Å². The molecule has 1 atom stereocenters. The quantitative estimate of drug-likeness (QED) is 0.581. The number of allylic oxidation sites excluding steroid dienone is 1. The summed E-state index contributed by atoms with van der Waals surface area (Å²) in [6.07, 6.45) is 8.08. The molecule has 2 aliphatic rings. The first-order valence-corrected chi connectivity index (χ1v) is 10.3. The third-order valence-electron chi connectivity index (χ3n) is 6.16. The first-order valence-electron chi connectivity index (χ1n) is 10.3. The van der Waals surface area contributed by atoms with Crippen LogP contribution in [0.3, 0.4) is 0 Å². The number of benzene rings is 1. The number of aryl methyl sites for hydroxylation is 1. The monoisotopic (exact) mass is 429 g/mol. The van der Waals surface area contributed by atoms with Gasteiger partial charge in [0.2, 0.25) is 0 Å². The molecule has 32 heavy (non-hydrogen) atoms. The Morgan fingerprint density at radius 2 is 2.03 bits per heavy atom. The minimum Gasteiger partial charge on any atom is -0.485 e. The number of ether oxygens (including phenoxy) is 1. The fraction of sp³-hybridized carbons (Fsp3) is 0.333. The van der Waals surface area contributed by atoms with E-state index in [1.807, 2.05) is 23.6 Å². The summed E-state index contributed by atoms with van der Waals surface area (Å²) < 4.78 is 7.50. The molecule has 162 valence electrons. The lowest BCUT2D eigenvalue weighted by atomic mass is 9.85. The molecule has 0 bridgehead atoms. The normalized spacial score (nSPS) is 20.2. The van der Waals surface area contributed by atoms with Gasteiger partial charge in [0, 0.05) is 43.4 Å². The van der Waals surface area contributed by atoms with E-state index in [1.54, 1.807) is 25.3 Å². The van der Waals surface area contributed by atoms with Gasteiger partial charge in [-0.25, -0.2) is 9.78 Å². The van der Waals surface area contributed by atoms with Gasteiger partial charge < -0.3 is 14.6 Å². The van der Waals surface area contributed by atoms with Crippen molar-refractivity contribution >= 4 is 11.9 Å². The van der Waals surface area contributed by atoms with Crippen molar-refractivity contribution in [3.8, 4) is 18.4 Å². The van der Waals surface area contributed by atoms with Gasteiger partial charge in [0.25, 0.3) is 5.91 Å². The zero-order chi connectivity index (χ0) is 22.9. The van der Waals surface area contributed by atoms with Gasteiger partial charge in [0.15, 0.2) is 5.76 Å². The molecule has 3 heterocycles. The van der Waals surface area contributed by atoms with Crippen molar-refractivity contribution in [1.82, 2.24) is 19.8 Å². The van der Waals surface area contributed by atoms with E-state index in [-0.39, 0.29) is 19.1 Å². The minimum absolute atomic E-state index is 0.227. The lowest BCUT2D eigenvalue weighted by molar-refractivity contribution is -0.131. The van der Waals surface area contributed by atoms with Crippen molar-refractivity contribution in [1.29, 1.82) is 5.26 Å². The van der Waals surface area contributed by atoms with Crippen molar-refractivity contribution in [3.63, 3.8) is 0 Å². The van der Waals surface area contributed by atoms with Crippen molar-refractivity contribution in [3.05, 3.63) is 64.4 Å². The van der Waals surface area contributed by atoms with Crippen molar-refractivity contribution in [2.45, 2.75) is 38.8 Å². The summed E-state index contributed by atoms with van der Waals surface area (Å²) in [5.74, 6) is 3.30. The molecule has 3 amide bonds. The van der Waals surface area contributed by atoms with E-state index in [0.717, 1.165) is 17.1 Å². The van der Waals surface area contributed by atoms with Gasteiger partial charge in [-0.15, -0.1) is 6.42 Å². The number of hydrogen-bond acceptors (Lipinski definition) is 5. The Balaban J connectivity index is 1.51. The summed E-state index contributed by atoms with van der Waals surface area (Å²) >= 11 is 0. The molecule has 1 saturated heterocycles. The first kappa shape index (κ1) is 21.2. The van der Waals surface area contributed by atoms with Crippen LogP contribution in [0.4, 0.5) is 4.79 Å².